The SMILES string of the molecule is CCC(Sc1ccc2ccccc2n1)C(=O)Nc1ccccc1Cl. The predicted molar refractivity (Wildman–Crippen MR) is 102 cm³/mol. The lowest BCUT2D eigenvalue weighted by atomic mass is 10.2. The number of anilines is 1. The summed E-state index contributed by atoms with van der Waals surface area (Å²) in [6, 6.07) is 19.2. The maximum Gasteiger partial charge on any atom is 0.237 e. The number of thioether (sulfide) groups is 1. The quantitative estimate of drug-likeness (QED) is 0.622. The van der Waals surface area contributed by atoms with Gasteiger partial charge < -0.3 is 5.32 Å². The number of aromatic nitrogens is 1. The molecule has 0 spiro atoms. The molecular weight excluding hydrogens is 340 g/mol. The van der Waals surface area contributed by atoms with Gasteiger partial charge in [0.2, 0.25) is 5.91 Å². The third kappa shape index (κ3) is 3.89. The molecule has 0 radical (unpaired) electrons. The van der Waals surface area contributed by atoms with E-state index in [1.54, 1.807) is 12.1 Å². The van der Waals surface area contributed by atoms with Gasteiger partial charge in [0.15, 0.2) is 0 Å². The molecule has 0 saturated carbocycles. The standard InChI is InChI=1S/C19H17ClN2OS/c1-2-17(19(23)22-16-10-6-4-8-14(16)20)24-18-12-11-13-7-3-5-9-15(13)21-18/h3-12,17H,2H2,1H3,(H,22,23). The van der Waals surface area contributed by atoms with Crippen molar-refractivity contribution in [3.63, 3.8) is 0 Å². The number of para-hydroxylation sites is 2. The molecule has 1 heterocycles. The highest BCUT2D eigenvalue weighted by molar-refractivity contribution is 8.00. The third-order valence-corrected chi connectivity index (χ3v) is 5.26. The Morgan fingerprint density at radius 3 is 2.67 bits per heavy atom. The summed E-state index contributed by atoms with van der Waals surface area (Å²) >= 11 is 7.58. The summed E-state index contributed by atoms with van der Waals surface area (Å²) in [5, 5.41) is 5.14. The topological polar surface area (TPSA) is 42.0 Å². The molecule has 0 fully saturated rings. The normalized spacial score (nSPS) is 12.1. The molecule has 1 unspecified atom stereocenters. The molecule has 2 aromatic carbocycles. The zero-order valence-corrected chi connectivity index (χ0v) is 14.8. The monoisotopic (exact) mass is 356 g/mol. The summed E-state index contributed by atoms with van der Waals surface area (Å²) in [7, 11) is 0. The van der Waals surface area contributed by atoms with Crippen molar-refractivity contribution < 1.29 is 4.79 Å². The van der Waals surface area contributed by atoms with Crippen LogP contribution in [-0.2, 0) is 4.79 Å². The maximum atomic E-state index is 12.5. The number of nitrogens with one attached hydrogen (secondary N) is 1. The van der Waals surface area contributed by atoms with E-state index in [0.29, 0.717) is 17.1 Å². The minimum Gasteiger partial charge on any atom is -0.324 e. The van der Waals surface area contributed by atoms with E-state index in [1.165, 1.54) is 11.8 Å². The summed E-state index contributed by atoms with van der Waals surface area (Å²) in [5.41, 5.74) is 1.57. The Balaban J connectivity index is 1.75. The van der Waals surface area contributed by atoms with Gasteiger partial charge >= 0.3 is 0 Å². The highest BCUT2D eigenvalue weighted by Gasteiger charge is 2.19. The largest absolute Gasteiger partial charge is 0.324 e. The van der Waals surface area contributed by atoms with Crippen LogP contribution >= 0.6 is 23.4 Å². The number of rotatable bonds is 5. The van der Waals surface area contributed by atoms with Gasteiger partial charge in [-0.3, -0.25) is 4.79 Å². The van der Waals surface area contributed by atoms with Crippen LogP contribution < -0.4 is 5.32 Å². The minimum absolute atomic E-state index is 0.0643. The Kier molecular flexibility index (Phi) is 5.38. The Hall–Kier alpha value is -2.04. The van der Waals surface area contributed by atoms with Crippen LogP contribution in [0, 0.1) is 0 Å². The Morgan fingerprint density at radius 2 is 1.88 bits per heavy atom. The van der Waals surface area contributed by atoms with Crippen molar-refractivity contribution in [1.29, 1.82) is 0 Å². The van der Waals surface area contributed by atoms with E-state index < -0.39 is 0 Å². The van der Waals surface area contributed by atoms with Gasteiger partial charge in [0.05, 0.1) is 26.5 Å². The molecule has 0 saturated heterocycles. The smallest absolute Gasteiger partial charge is 0.237 e. The number of benzene rings is 2. The molecule has 1 amide bonds. The van der Waals surface area contributed by atoms with Crippen LogP contribution in [-0.4, -0.2) is 16.1 Å². The van der Waals surface area contributed by atoms with Gasteiger partial charge in [-0.05, 0) is 30.7 Å². The molecule has 1 N–H and O–H groups in total. The van der Waals surface area contributed by atoms with Gasteiger partial charge in [0.25, 0.3) is 0 Å². The summed E-state index contributed by atoms with van der Waals surface area (Å²) in [5.74, 6) is -0.0643. The first kappa shape index (κ1) is 16.8. The Morgan fingerprint density at radius 1 is 1.12 bits per heavy atom. The number of carbonyl (C=O) groups excluding carboxylic acids is 1. The van der Waals surface area contributed by atoms with E-state index >= 15 is 0 Å². The van der Waals surface area contributed by atoms with Gasteiger partial charge in [-0.1, -0.05) is 66.7 Å². The number of nitrogens with zero attached hydrogens (tertiary/aromatic N) is 1. The lowest BCUT2D eigenvalue weighted by Gasteiger charge is -2.15. The second-order valence-corrected chi connectivity index (χ2v) is 6.96. The second kappa shape index (κ2) is 7.69. The van der Waals surface area contributed by atoms with Crippen molar-refractivity contribution in [2.75, 3.05) is 5.32 Å². The van der Waals surface area contributed by atoms with Gasteiger partial charge in [0, 0.05) is 5.39 Å². The van der Waals surface area contributed by atoms with Crippen LogP contribution in [0.3, 0.4) is 0 Å². The summed E-state index contributed by atoms with van der Waals surface area (Å²) in [6.45, 7) is 1.99. The van der Waals surface area contributed by atoms with Crippen molar-refractivity contribution in [1.82, 2.24) is 4.98 Å². The number of hydrogen-bond acceptors (Lipinski definition) is 3. The molecule has 5 heteroatoms. The average molecular weight is 357 g/mol. The Bertz CT molecular complexity index is 869. The van der Waals surface area contributed by atoms with Crippen LogP contribution in [0.4, 0.5) is 5.69 Å². The van der Waals surface area contributed by atoms with Gasteiger partial charge in [0.1, 0.15) is 0 Å². The van der Waals surface area contributed by atoms with E-state index in [4.69, 9.17) is 11.6 Å². The minimum atomic E-state index is -0.227. The molecular formula is C19H17ClN2OS. The molecule has 0 aliphatic rings. The van der Waals surface area contributed by atoms with Crippen molar-refractivity contribution in [2.45, 2.75) is 23.6 Å². The fourth-order valence-electron chi connectivity index (χ4n) is 2.36. The van der Waals surface area contributed by atoms with Gasteiger partial charge in [-0.15, -0.1) is 0 Å². The third-order valence-electron chi connectivity index (χ3n) is 3.63. The first-order chi connectivity index (χ1) is 11.7. The summed E-state index contributed by atoms with van der Waals surface area (Å²) < 4.78 is 0. The average Bonchev–Trinajstić information content (AvgIpc) is 2.61. The molecule has 24 heavy (non-hydrogen) atoms. The molecule has 3 nitrogen and oxygen atoms in total. The molecule has 122 valence electrons. The molecule has 0 bridgehead atoms. The van der Waals surface area contributed by atoms with Crippen molar-refractivity contribution in [3.05, 3.63) is 65.7 Å². The second-order valence-electron chi connectivity index (χ2n) is 5.33. The Labute approximate surface area is 150 Å². The number of amides is 1. The molecule has 3 aromatic rings. The maximum absolute atomic E-state index is 12.5. The lowest BCUT2D eigenvalue weighted by Crippen LogP contribution is -2.24. The van der Waals surface area contributed by atoms with Crippen LogP contribution in [0.5, 0.6) is 0 Å². The number of hydrogen-bond donors (Lipinski definition) is 1. The molecule has 1 aromatic heterocycles. The van der Waals surface area contributed by atoms with E-state index in [-0.39, 0.29) is 11.2 Å². The zero-order chi connectivity index (χ0) is 16.9. The van der Waals surface area contributed by atoms with Crippen LogP contribution in [0.15, 0.2) is 65.7 Å². The predicted octanol–water partition coefficient (Wildman–Crippen LogP) is 5.40. The van der Waals surface area contributed by atoms with E-state index in [2.05, 4.69) is 10.3 Å². The van der Waals surface area contributed by atoms with Crippen LogP contribution in [0.25, 0.3) is 10.9 Å². The number of fused-ring (bicyclic) bond motifs is 1. The first-order valence-corrected chi connectivity index (χ1v) is 9.01. The highest BCUT2D eigenvalue weighted by atomic mass is 35.5. The number of pyridine rings is 1. The van der Waals surface area contributed by atoms with Crippen molar-refractivity contribution >= 4 is 45.9 Å². The van der Waals surface area contributed by atoms with Crippen LogP contribution in [0.2, 0.25) is 5.02 Å². The number of halogens is 1. The van der Waals surface area contributed by atoms with Crippen molar-refractivity contribution in [2.24, 2.45) is 0 Å². The van der Waals surface area contributed by atoms with Crippen molar-refractivity contribution in [3.8, 4) is 0 Å². The highest BCUT2D eigenvalue weighted by Crippen LogP contribution is 2.28. The first-order valence-electron chi connectivity index (χ1n) is 7.75. The van der Waals surface area contributed by atoms with Gasteiger partial charge in [-0.25, -0.2) is 4.98 Å². The molecule has 0 aliphatic heterocycles. The summed E-state index contributed by atoms with van der Waals surface area (Å²) in [4.78, 5) is 17.2. The molecule has 3 rings (SSSR count). The van der Waals surface area contributed by atoms with Gasteiger partial charge in [-0.2, -0.15) is 0 Å². The van der Waals surface area contributed by atoms with Crippen LogP contribution in [0.1, 0.15) is 13.3 Å². The van der Waals surface area contributed by atoms with E-state index in [9.17, 15) is 4.79 Å². The van der Waals surface area contributed by atoms with E-state index in [1.807, 2.05) is 55.5 Å². The molecule has 1 atom stereocenters. The fraction of sp³-hybridized carbons (Fsp3) is 0.158. The lowest BCUT2D eigenvalue weighted by molar-refractivity contribution is -0.115. The van der Waals surface area contributed by atoms with E-state index in [0.717, 1.165) is 15.9 Å². The zero-order valence-electron chi connectivity index (χ0n) is 13.2. The number of carbonyl (C=O) groups is 1. The molecule has 0 aliphatic carbocycles. The summed E-state index contributed by atoms with van der Waals surface area (Å²) in [6.07, 6.45) is 0.704. The fourth-order valence-corrected chi connectivity index (χ4v) is 3.46.